The number of ether oxygens (including phenoxy) is 7. The number of rotatable bonds is 25. The zero-order valence-corrected chi connectivity index (χ0v) is 36.3. The van der Waals surface area contributed by atoms with Crippen molar-refractivity contribution in [1.29, 1.82) is 0 Å². The molecule has 0 saturated carbocycles. The van der Waals surface area contributed by atoms with E-state index >= 15 is 8.42 Å². The Morgan fingerprint density at radius 1 is 0.734 bits per heavy atom. The molecule has 0 fully saturated rings. The molecule has 2 aromatic heterocycles. The first-order valence-electron chi connectivity index (χ1n) is 19.5. The monoisotopic (exact) mass is 917 g/mol. The first kappa shape index (κ1) is 49.3. The van der Waals surface area contributed by atoms with Gasteiger partial charge in [-0.15, -0.1) is 20.2 Å². The minimum Gasteiger partial charge on any atom is -0.493 e. The third-order valence-corrected chi connectivity index (χ3v) is 10.3. The summed E-state index contributed by atoms with van der Waals surface area (Å²) in [6.07, 6.45) is -0.582. The second-order valence-electron chi connectivity index (χ2n) is 14.0. The highest BCUT2D eigenvalue weighted by Crippen LogP contribution is 2.44. The SMILES string of the molecule is COc1ccccc1Oc1c(OCCOC(=O)OCCCCO[N+](=O)[O-])nc(-c2ncccn2)nc1N(C(C)OC(=O)OCCCCO[N+](=O)[O-])S(=O)(=O)c1ccc(C(C)(C)C)cc1. The van der Waals surface area contributed by atoms with Crippen molar-refractivity contribution in [3.8, 4) is 34.8 Å². The molecule has 1 atom stereocenters. The van der Waals surface area contributed by atoms with Gasteiger partial charge in [0.05, 0.1) is 38.4 Å². The molecule has 1 unspecified atom stereocenters. The number of para-hydroxylation sites is 2. The Balaban J connectivity index is 1.80. The van der Waals surface area contributed by atoms with Crippen LogP contribution in [0.3, 0.4) is 0 Å². The van der Waals surface area contributed by atoms with Gasteiger partial charge in [0.1, 0.15) is 13.2 Å². The highest BCUT2D eigenvalue weighted by atomic mass is 32.2. The lowest BCUT2D eigenvalue weighted by Gasteiger charge is -2.30. The minimum absolute atomic E-state index is 0.0350. The van der Waals surface area contributed by atoms with Crippen molar-refractivity contribution in [3.63, 3.8) is 0 Å². The molecule has 0 bridgehead atoms. The topological polar surface area (TPSA) is 292 Å². The van der Waals surface area contributed by atoms with Crippen LogP contribution >= 0.6 is 0 Å². The van der Waals surface area contributed by atoms with E-state index in [2.05, 4.69) is 29.6 Å². The normalized spacial score (nSPS) is 11.6. The molecule has 0 amide bonds. The number of nitrogens with zero attached hydrogens (tertiary/aromatic N) is 7. The standard InChI is InChI=1S/C39H47N7O17S/c1-27(62-38(48)58-22-9-11-24-61-46(51)52)44(64(53,54)29-17-15-28(16-18-29)39(2,3)4)35-32(63-31-14-7-6-13-30(31)55-5)36(43-34(42-35)33-40-19-12-20-41-33)56-25-26-59-37(47)57-21-8-10-23-60-45(49)50/h6-7,12-20,27H,8-11,21-26H2,1-5H3. The summed E-state index contributed by atoms with van der Waals surface area (Å²) in [6, 6.07) is 13.9. The van der Waals surface area contributed by atoms with Crippen LogP contribution in [-0.4, -0.2) is 104 Å². The fraction of sp³-hybridized carbons (Fsp3) is 0.436. The van der Waals surface area contributed by atoms with Gasteiger partial charge in [0.2, 0.25) is 11.6 Å². The van der Waals surface area contributed by atoms with Crippen molar-refractivity contribution in [2.75, 3.05) is 51.1 Å². The summed E-state index contributed by atoms with van der Waals surface area (Å²) >= 11 is 0. The Bertz CT molecular complexity index is 2280. The van der Waals surface area contributed by atoms with E-state index in [9.17, 15) is 29.8 Å². The summed E-state index contributed by atoms with van der Waals surface area (Å²) in [5.41, 5.74) is 0.456. The maximum Gasteiger partial charge on any atom is 0.510 e. The van der Waals surface area contributed by atoms with Crippen LogP contribution in [0.15, 0.2) is 71.9 Å². The Morgan fingerprint density at radius 2 is 1.30 bits per heavy atom. The Kier molecular flexibility index (Phi) is 18.3. The molecule has 0 N–H and O–H groups in total. The Labute approximate surface area is 366 Å². The number of anilines is 1. The molecule has 0 aliphatic heterocycles. The van der Waals surface area contributed by atoms with E-state index in [1.54, 1.807) is 30.3 Å². The summed E-state index contributed by atoms with van der Waals surface area (Å²) in [5.74, 6) is -1.57. The molecule has 25 heteroatoms. The lowest BCUT2D eigenvalue weighted by atomic mass is 9.87. The molecule has 4 aromatic rings. The van der Waals surface area contributed by atoms with Crippen molar-refractivity contribution < 1.29 is 71.0 Å². The molecule has 0 aliphatic carbocycles. The lowest BCUT2D eigenvalue weighted by Crippen LogP contribution is -2.42. The van der Waals surface area contributed by atoms with Gasteiger partial charge in [0.15, 0.2) is 29.4 Å². The minimum atomic E-state index is -4.81. The molecular formula is C39H47N7O17S. The van der Waals surface area contributed by atoms with E-state index in [1.807, 2.05) is 20.8 Å². The summed E-state index contributed by atoms with van der Waals surface area (Å²) in [4.78, 5) is 71.9. The van der Waals surface area contributed by atoms with Gasteiger partial charge < -0.3 is 42.8 Å². The summed E-state index contributed by atoms with van der Waals surface area (Å²) in [7, 11) is -3.43. The number of benzene rings is 2. The number of carbonyl (C=O) groups is 2. The van der Waals surface area contributed by atoms with E-state index in [0.717, 1.165) is 5.56 Å². The van der Waals surface area contributed by atoms with Gasteiger partial charge in [-0.2, -0.15) is 4.98 Å². The molecule has 2 heterocycles. The maximum atomic E-state index is 15.0. The second kappa shape index (κ2) is 23.8. The van der Waals surface area contributed by atoms with E-state index in [0.29, 0.717) is 4.31 Å². The third-order valence-electron chi connectivity index (χ3n) is 8.40. The summed E-state index contributed by atoms with van der Waals surface area (Å²) in [6.45, 7) is 5.42. The van der Waals surface area contributed by atoms with Gasteiger partial charge in [-0.1, -0.05) is 45.0 Å². The average Bonchev–Trinajstić information content (AvgIpc) is 3.25. The van der Waals surface area contributed by atoms with Gasteiger partial charge >= 0.3 is 12.3 Å². The summed E-state index contributed by atoms with van der Waals surface area (Å²) in [5, 5.41) is 18.9. The van der Waals surface area contributed by atoms with Gasteiger partial charge in [-0.25, -0.2) is 37.3 Å². The van der Waals surface area contributed by atoms with Crippen LogP contribution in [-0.2, 0) is 44.1 Å². The number of hydrogen-bond acceptors (Lipinski definition) is 21. The van der Waals surface area contributed by atoms with Crippen LogP contribution in [0.25, 0.3) is 11.6 Å². The summed E-state index contributed by atoms with van der Waals surface area (Å²) < 4.78 is 69.3. The van der Waals surface area contributed by atoms with Crippen molar-refractivity contribution in [2.24, 2.45) is 0 Å². The van der Waals surface area contributed by atoms with Gasteiger partial charge in [0, 0.05) is 12.4 Å². The van der Waals surface area contributed by atoms with Crippen molar-refractivity contribution in [2.45, 2.75) is 69.9 Å². The van der Waals surface area contributed by atoms with Crippen LogP contribution in [0.4, 0.5) is 15.4 Å². The van der Waals surface area contributed by atoms with Crippen LogP contribution in [0.5, 0.6) is 23.1 Å². The first-order chi connectivity index (χ1) is 30.5. The molecule has 0 aliphatic rings. The number of aromatic nitrogens is 4. The van der Waals surface area contributed by atoms with Crippen molar-refractivity contribution in [1.82, 2.24) is 19.9 Å². The van der Waals surface area contributed by atoms with Crippen molar-refractivity contribution >= 4 is 28.2 Å². The van der Waals surface area contributed by atoms with Crippen LogP contribution in [0.1, 0.15) is 58.9 Å². The quantitative estimate of drug-likeness (QED) is 0.0234. The molecule has 346 valence electrons. The maximum absolute atomic E-state index is 15.0. The number of carbonyl (C=O) groups excluding carboxylic acids is 2. The van der Waals surface area contributed by atoms with Gasteiger partial charge in [-0.05, 0) is 73.9 Å². The van der Waals surface area contributed by atoms with Gasteiger partial charge in [0.25, 0.3) is 26.1 Å². The van der Waals surface area contributed by atoms with Crippen LogP contribution in [0, 0.1) is 20.2 Å². The molecule has 64 heavy (non-hydrogen) atoms. The molecule has 0 radical (unpaired) electrons. The third kappa shape index (κ3) is 14.9. The fourth-order valence-corrected chi connectivity index (χ4v) is 6.82. The molecule has 2 aromatic carbocycles. The second-order valence-corrected chi connectivity index (χ2v) is 15.9. The molecule has 24 nitrogen and oxygen atoms in total. The number of sulfonamides is 1. The zero-order valence-electron chi connectivity index (χ0n) is 35.5. The van der Waals surface area contributed by atoms with E-state index in [4.69, 9.17) is 33.2 Å². The predicted molar refractivity (Wildman–Crippen MR) is 220 cm³/mol. The highest BCUT2D eigenvalue weighted by Gasteiger charge is 2.39. The molecule has 0 saturated heterocycles. The van der Waals surface area contributed by atoms with Crippen LogP contribution < -0.4 is 18.5 Å². The molecular weight excluding hydrogens is 871 g/mol. The Morgan fingerprint density at radius 3 is 1.88 bits per heavy atom. The predicted octanol–water partition coefficient (Wildman–Crippen LogP) is 6.24. The molecule has 4 rings (SSSR count). The molecule has 0 spiro atoms. The average molecular weight is 918 g/mol. The van der Waals surface area contributed by atoms with Crippen molar-refractivity contribution in [3.05, 3.63) is 92.8 Å². The zero-order chi connectivity index (χ0) is 46.7. The van der Waals surface area contributed by atoms with E-state index < -0.39 is 69.4 Å². The fourth-order valence-electron chi connectivity index (χ4n) is 5.33. The smallest absolute Gasteiger partial charge is 0.493 e. The highest BCUT2D eigenvalue weighted by molar-refractivity contribution is 7.92. The number of hydrogen-bond donors (Lipinski definition) is 0. The van der Waals surface area contributed by atoms with Gasteiger partial charge in [-0.3, -0.25) is 0 Å². The van der Waals surface area contributed by atoms with E-state index in [-0.39, 0.29) is 85.6 Å². The Hall–Kier alpha value is -7.31. The lowest BCUT2D eigenvalue weighted by molar-refractivity contribution is -0.757. The first-order valence-corrected chi connectivity index (χ1v) is 20.9. The van der Waals surface area contributed by atoms with Crippen LogP contribution in [0.2, 0.25) is 0 Å². The largest absolute Gasteiger partial charge is 0.510 e. The number of methoxy groups -OCH3 is 1. The van der Waals surface area contributed by atoms with E-state index in [1.165, 1.54) is 50.7 Å². The number of unbranched alkanes of at least 4 members (excludes halogenated alkanes) is 2.